The van der Waals surface area contributed by atoms with Crippen LogP contribution in [0, 0.1) is 5.82 Å². The Morgan fingerprint density at radius 1 is 1.33 bits per heavy atom. The maximum Gasteiger partial charge on any atom is 0.123 e. The maximum atomic E-state index is 12.4. The molecule has 0 radical (unpaired) electrons. The average molecular weight is 278 g/mol. The van der Waals surface area contributed by atoms with Gasteiger partial charge < -0.3 is 5.11 Å². The molecule has 1 aromatic carbocycles. The summed E-state index contributed by atoms with van der Waals surface area (Å²) in [5.74, 6) is -0.288. The molecule has 0 aliphatic heterocycles. The molecule has 1 aromatic rings. The first-order valence-electron chi connectivity index (χ1n) is 3.44. The van der Waals surface area contributed by atoms with Crippen LogP contribution in [0.15, 0.2) is 34.4 Å². The molecule has 1 N–H and O–H groups in total. The van der Waals surface area contributed by atoms with E-state index in [1.165, 1.54) is 12.1 Å². The molecular formula is C9H8FIO. The highest BCUT2D eigenvalue weighted by molar-refractivity contribution is 14.1. The minimum absolute atomic E-state index is 0.288. The number of halogens is 2. The fourth-order valence-corrected chi connectivity index (χ4v) is 1.23. The second kappa shape index (κ2) is 4.57. The van der Waals surface area contributed by atoms with Crippen molar-refractivity contribution in [2.24, 2.45) is 0 Å². The van der Waals surface area contributed by atoms with E-state index in [9.17, 15) is 9.50 Å². The van der Waals surface area contributed by atoms with E-state index in [0.717, 1.165) is 0 Å². The van der Waals surface area contributed by atoms with Crippen molar-refractivity contribution in [3.63, 3.8) is 0 Å². The van der Waals surface area contributed by atoms with Crippen molar-refractivity contribution in [2.45, 2.75) is 6.10 Å². The number of hydrogen-bond acceptors (Lipinski definition) is 1. The third-order valence-electron chi connectivity index (χ3n) is 1.47. The standard InChI is InChI=1S/C9H8FIO/c10-8-3-1-7(2-4-8)9(12)5-6-11/h1-6,9,12H/b6-5-. The molecule has 64 valence electrons. The molecule has 0 fully saturated rings. The average Bonchev–Trinajstić information content (AvgIpc) is 2.06. The molecule has 3 heteroatoms. The number of aliphatic hydroxyl groups excluding tert-OH is 1. The Kier molecular flexibility index (Phi) is 3.68. The van der Waals surface area contributed by atoms with Gasteiger partial charge in [-0.25, -0.2) is 4.39 Å². The van der Waals surface area contributed by atoms with E-state index in [-0.39, 0.29) is 5.82 Å². The predicted octanol–water partition coefficient (Wildman–Crippen LogP) is 2.81. The Balaban J connectivity index is 2.82. The highest BCUT2D eigenvalue weighted by Gasteiger charge is 2.01. The van der Waals surface area contributed by atoms with Crippen LogP contribution in [0.4, 0.5) is 4.39 Å². The molecule has 1 nitrogen and oxygen atoms in total. The SMILES string of the molecule is OC(/C=C\I)c1ccc(F)cc1. The van der Waals surface area contributed by atoms with Crippen LogP contribution < -0.4 is 0 Å². The van der Waals surface area contributed by atoms with Crippen LogP contribution >= 0.6 is 22.6 Å². The van der Waals surface area contributed by atoms with Crippen LogP contribution in [0.1, 0.15) is 11.7 Å². The van der Waals surface area contributed by atoms with Crippen molar-refractivity contribution in [1.82, 2.24) is 0 Å². The molecule has 0 heterocycles. The smallest absolute Gasteiger partial charge is 0.123 e. The molecule has 12 heavy (non-hydrogen) atoms. The number of hydrogen-bond donors (Lipinski definition) is 1. The van der Waals surface area contributed by atoms with E-state index >= 15 is 0 Å². The summed E-state index contributed by atoms with van der Waals surface area (Å²) in [5, 5.41) is 9.40. The van der Waals surface area contributed by atoms with E-state index in [1.54, 1.807) is 22.3 Å². The molecule has 0 saturated carbocycles. The quantitative estimate of drug-likeness (QED) is 0.825. The first-order chi connectivity index (χ1) is 5.74. The van der Waals surface area contributed by atoms with Gasteiger partial charge in [-0.1, -0.05) is 34.7 Å². The van der Waals surface area contributed by atoms with Crippen LogP contribution in [-0.2, 0) is 0 Å². The highest BCUT2D eigenvalue weighted by atomic mass is 127. The van der Waals surface area contributed by atoms with Gasteiger partial charge in [0.15, 0.2) is 0 Å². The fraction of sp³-hybridized carbons (Fsp3) is 0.111. The lowest BCUT2D eigenvalue weighted by molar-refractivity contribution is 0.229. The molecule has 0 saturated heterocycles. The van der Waals surface area contributed by atoms with Crippen LogP contribution in [0.3, 0.4) is 0 Å². The summed E-state index contributed by atoms with van der Waals surface area (Å²) in [6.45, 7) is 0. The predicted molar refractivity (Wildman–Crippen MR) is 54.5 cm³/mol. The Hall–Kier alpha value is -0.420. The molecule has 0 bridgehead atoms. The first kappa shape index (κ1) is 9.67. The molecule has 1 unspecified atom stereocenters. The lowest BCUT2D eigenvalue weighted by Gasteiger charge is -2.03. The third kappa shape index (κ3) is 2.57. The Labute approximate surface area is 84.1 Å². The van der Waals surface area contributed by atoms with Crippen LogP contribution in [-0.4, -0.2) is 5.11 Å². The van der Waals surface area contributed by atoms with Crippen molar-refractivity contribution in [2.75, 3.05) is 0 Å². The van der Waals surface area contributed by atoms with Gasteiger partial charge in [-0.05, 0) is 27.9 Å². The third-order valence-corrected chi connectivity index (χ3v) is 1.88. The first-order valence-corrected chi connectivity index (χ1v) is 4.69. The summed E-state index contributed by atoms with van der Waals surface area (Å²) < 4.78 is 14.2. The number of aliphatic hydroxyl groups is 1. The van der Waals surface area contributed by atoms with Crippen molar-refractivity contribution in [3.8, 4) is 0 Å². The molecule has 1 atom stereocenters. The summed E-state index contributed by atoms with van der Waals surface area (Å²) in [5.41, 5.74) is 0.698. The summed E-state index contributed by atoms with van der Waals surface area (Å²) in [7, 11) is 0. The fourth-order valence-electron chi connectivity index (χ4n) is 0.840. The summed E-state index contributed by atoms with van der Waals surface area (Å²) in [4.78, 5) is 0. The molecule has 0 spiro atoms. The second-order valence-corrected chi connectivity index (χ2v) is 3.03. The number of benzene rings is 1. The molecule has 0 amide bonds. The van der Waals surface area contributed by atoms with Gasteiger partial charge in [0.05, 0.1) is 6.10 Å². The molecule has 0 aliphatic carbocycles. The van der Waals surface area contributed by atoms with E-state index in [0.29, 0.717) is 5.56 Å². The monoisotopic (exact) mass is 278 g/mol. The minimum Gasteiger partial charge on any atom is -0.384 e. The normalized spacial score (nSPS) is 13.6. The van der Waals surface area contributed by atoms with Crippen molar-refractivity contribution in [3.05, 3.63) is 45.8 Å². The van der Waals surface area contributed by atoms with Gasteiger partial charge in [-0.2, -0.15) is 0 Å². The highest BCUT2D eigenvalue weighted by Crippen LogP contribution is 2.14. The lowest BCUT2D eigenvalue weighted by atomic mass is 10.1. The van der Waals surface area contributed by atoms with Gasteiger partial charge >= 0.3 is 0 Å². The van der Waals surface area contributed by atoms with Crippen LogP contribution in [0.25, 0.3) is 0 Å². The maximum absolute atomic E-state index is 12.4. The summed E-state index contributed by atoms with van der Waals surface area (Å²) in [6, 6.07) is 5.80. The van der Waals surface area contributed by atoms with Gasteiger partial charge in [-0.15, -0.1) is 0 Å². The van der Waals surface area contributed by atoms with Crippen molar-refractivity contribution >= 4 is 22.6 Å². The van der Waals surface area contributed by atoms with E-state index in [4.69, 9.17) is 0 Å². The van der Waals surface area contributed by atoms with Gasteiger partial charge in [0.1, 0.15) is 5.82 Å². The summed E-state index contributed by atoms with van der Waals surface area (Å²) >= 11 is 2.02. The van der Waals surface area contributed by atoms with Crippen molar-refractivity contribution < 1.29 is 9.50 Å². The summed E-state index contributed by atoms with van der Waals surface area (Å²) in [6.07, 6.45) is 0.996. The van der Waals surface area contributed by atoms with E-state index in [1.807, 2.05) is 22.6 Å². The minimum atomic E-state index is -0.637. The van der Waals surface area contributed by atoms with E-state index in [2.05, 4.69) is 0 Å². The number of rotatable bonds is 2. The van der Waals surface area contributed by atoms with Gasteiger partial charge in [-0.3, -0.25) is 0 Å². The van der Waals surface area contributed by atoms with Gasteiger partial charge in [0.2, 0.25) is 0 Å². The van der Waals surface area contributed by atoms with Crippen LogP contribution in [0.2, 0.25) is 0 Å². The molecule has 0 aromatic heterocycles. The van der Waals surface area contributed by atoms with E-state index < -0.39 is 6.10 Å². The largest absolute Gasteiger partial charge is 0.384 e. The zero-order valence-electron chi connectivity index (χ0n) is 6.24. The second-order valence-electron chi connectivity index (χ2n) is 2.31. The Morgan fingerprint density at radius 2 is 1.92 bits per heavy atom. The van der Waals surface area contributed by atoms with Gasteiger partial charge in [0.25, 0.3) is 0 Å². The van der Waals surface area contributed by atoms with Gasteiger partial charge in [0, 0.05) is 0 Å². The zero-order chi connectivity index (χ0) is 8.97. The lowest BCUT2D eigenvalue weighted by Crippen LogP contribution is -1.91. The molecular weight excluding hydrogens is 270 g/mol. The molecule has 0 aliphatic rings. The topological polar surface area (TPSA) is 20.2 Å². The van der Waals surface area contributed by atoms with Crippen LogP contribution in [0.5, 0.6) is 0 Å². The Morgan fingerprint density at radius 3 is 2.42 bits per heavy atom. The Bertz CT molecular complexity index is 268. The molecule has 1 rings (SSSR count). The zero-order valence-corrected chi connectivity index (χ0v) is 8.40. The van der Waals surface area contributed by atoms with Crippen molar-refractivity contribution in [1.29, 1.82) is 0 Å².